The molecule has 0 aromatic carbocycles. The topological polar surface area (TPSA) is 24.5 Å². The summed E-state index contributed by atoms with van der Waals surface area (Å²) in [6.45, 7) is 10.1. The Morgan fingerprint density at radius 2 is 1.89 bits per heavy atom. The van der Waals surface area contributed by atoms with Crippen molar-refractivity contribution in [3.63, 3.8) is 0 Å². The van der Waals surface area contributed by atoms with Crippen LogP contribution in [0.15, 0.2) is 0 Å². The third kappa shape index (κ3) is 4.52. The maximum atomic E-state index is 5.72. The number of likely N-dealkylation sites (tertiary alicyclic amines) is 1. The fourth-order valence-corrected chi connectivity index (χ4v) is 2.98. The van der Waals surface area contributed by atoms with Gasteiger partial charge in [0.05, 0.1) is 6.10 Å². The van der Waals surface area contributed by atoms with Gasteiger partial charge in [0.15, 0.2) is 0 Å². The van der Waals surface area contributed by atoms with Crippen molar-refractivity contribution in [2.24, 2.45) is 5.92 Å². The summed E-state index contributed by atoms with van der Waals surface area (Å²) in [7, 11) is 0. The van der Waals surface area contributed by atoms with Gasteiger partial charge >= 0.3 is 0 Å². The van der Waals surface area contributed by atoms with Crippen molar-refractivity contribution in [3.8, 4) is 0 Å². The van der Waals surface area contributed by atoms with Crippen molar-refractivity contribution in [1.82, 2.24) is 10.2 Å². The Hall–Kier alpha value is -0.120. The Bertz CT molecular complexity index is 223. The summed E-state index contributed by atoms with van der Waals surface area (Å²) in [5.41, 5.74) is 0. The molecule has 1 saturated carbocycles. The summed E-state index contributed by atoms with van der Waals surface area (Å²) in [4.78, 5) is 2.64. The first-order valence-electron chi connectivity index (χ1n) is 7.90. The quantitative estimate of drug-likeness (QED) is 0.719. The van der Waals surface area contributed by atoms with E-state index in [0.29, 0.717) is 6.10 Å². The number of nitrogens with zero attached hydrogens (tertiary/aromatic N) is 1. The average molecular weight is 254 g/mol. The van der Waals surface area contributed by atoms with Gasteiger partial charge in [-0.2, -0.15) is 0 Å². The lowest BCUT2D eigenvalue weighted by Crippen LogP contribution is -2.46. The van der Waals surface area contributed by atoms with Gasteiger partial charge in [-0.15, -0.1) is 0 Å². The highest BCUT2D eigenvalue weighted by molar-refractivity contribution is 4.89. The molecule has 0 radical (unpaired) electrons. The van der Waals surface area contributed by atoms with Gasteiger partial charge in [0.1, 0.15) is 0 Å². The molecule has 1 N–H and O–H groups in total. The van der Waals surface area contributed by atoms with Crippen molar-refractivity contribution < 1.29 is 4.74 Å². The molecule has 0 aromatic rings. The summed E-state index contributed by atoms with van der Waals surface area (Å²) < 4.78 is 5.72. The second kappa shape index (κ2) is 7.46. The Morgan fingerprint density at radius 1 is 1.17 bits per heavy atom. The van der Waals surface area contributed by atoms with Crippen molar-refractivity contribution >= 4 is 0 Å². The summed E-state index contributed by atoms with van der Waals surface area (Å²) in [5.74, 6) is 0.959. The molecular formula is C15H30N2O. The van der Waals surface area contributed by atoms with Gasteiger partial charge in [-0.05, 0) is 51.5 Å². The molecule has 1 aliphatic heterocycles. The van der Waals surface area contributed by atoms with E-state index >= 15 is 0 Å². The summed E-state index contributed by atoms with van der Waals surface area (Å²) >= 11 is 0. The van der Waals surface area contributed by atoms with Crippen LogP contribution >= 0.6 is 0 Å². The molecule has 18 heavy (non-hydrogen) atoms. The Balaban J connectivity index is 1.68. The molecule has 3 nitrogen and oxygen atoms in total. The third-order valence-electron chi connectivity index (χ3n) is 4.24. The van der Waals surface area contributed by atoms with E-state index in [9.17, 15) is 0 Å². The first-order valence-corrected chi connectivity index (χ1v) is 7.90. The maximum Gasteiger partial charge on any atom is 0.0599 e. The molecule has 1 unspecified atom stereocenters. The Morgan fingerprint density at radius 3 is 2.44 bits per heavy atom. The number of hydrogen-bond donors (Lipinski definition) is 1. The van der Waals surface area contributed by atoms with Gasteiger partial charge in [-0.25, -0.2) is 0 Å². The number of hydrogen-bond acceptors (Lipinski definition) is 3. The second-order valence-electron chi connectivity index (χ2n) is 5.85. The van der Waals surface area contributed by atoms with E-state index in [0.717, 1.165) is 18.6 Å². The molecule has 1 heterocycles. The van der Waals surface area contributed by atoms with E-state index in [1.165, 1.54) is 58.3 Å². The lowest BCUT2D eigenvalue weighted by molar-refractivity contribution is 0.0119. The average Bonchev–Trinajstić information content (AvgIpc) is 3.21. The molecule has 2 aliphatic rings. The monoisotopic (exact) mass is 254 g/mol. The zero-order valence-corrected chi connectivity index (χ0v) is 12.2. The summed E-state index contributed by atoms with van der Waals surface area (Å²) in [6.07, 6.45) is 7.09. The molecule has 2 rings (SSSR count). The predicted molar refractivity (Wildman–Crippen MR) is 75.9 cm³/mol. The first-order chi connectivity index (χ1) is 8.83. The second-order valence-corrected chi connectivity index (χ2v) is 5.85. The van der Waals surface area contributed by atoms with Crippen LogP contribution < -0.4 is 5.32 Å². The van der Waals surface area contributed by atoms with E-state index in [2.05, 4.69) is 24.1 Å². The van der Waals surface area contributed by atoms with E-state index in [1.54, 1.807) is 0 Å². The highest BCUT2D eigenvalue weighted by Crippen LogP contribution is 2.33. The molecule has 0 bridgehead atoms. The smallest absolute Gasteiger partial charge is 0.0599 e. The van der Waals surface area contributed by atoms with Gasteiger partial charge in [0.25, 0.3) is 0 Å². The minimum absolute atomic E-state index is 0.522. The molecule has 0 spiro atoms. The van der Waals surface area contributed by atoms with Gasteiger partial charge in [-0.1, -0.05) is 6.92 Å². The van der Waals surface area contributed by atoms with Crippen LogP contribution in [0.25, 0.3) is 0 Å². The predicted octanol–water partition coefficient (Wildman–Crippen LogP) is 2.27. The fraction of sp³-hybridized carbons (Fsp3) is 1.00. The SMILES string of the molecule is CCCNC(CN1CCC(OCC)CC1)C1CC1. The minimum atomic E-state index is 0.522. The van der Waals surface area contributed by atoms with Crippen LogP contribution in [0.5, 0.6) is 0 Å². The fourth-order valence-electron chi connectivity index (χ4n) is 2.98. The number of piperidine rings is 1. The van der Waals surface area contributed by atoms with Gasteiger partial charge < -0.3 is 15.0 Å². The molecule has 3 heteroatoms. The highest BCUT2D eigenvalue weighted by Gasteiger charge is 2.32. The van der Waals surface area contributed by atoms with E-state index in [1.807, 2.05) is 0 Å². The van der Waals surface area contributed by atoms with Crippen molar-refractivity contribution in [2.75, 3.05) is 32.8 Å². The normalized spacial score (nSPS) is 24.3. The van der Waals surface area contributed by atoms with Crippen LogP contribution in [-0.2, 0) is 4.74 Å². The highest BCUT2D eigenvalue weighted by atomic mass is 16.5. The molecule has 1 saturated heterocycles. The molecule has 2 fully saturated rings. The van der Waals surface area contributed by atoms with Gasteiger partial charge in [0, 0.05) is 32.3 Å². The van der Waals surface area contributed by atoms with Crippen LogP contribution in [-0.4, -0.2) is 49.8 Å². The minimum Gasteiger partial charge on any atom is -0.378 e. The largest absolute Gasteiger partial charge is 0.378 e. The Kier molecular flexibility index (Phi) is 5.93. The molecule has 106 valence electrons. The molecule has 0 amide bonds. The van der Waals surface area contributed by atoms with E-state index in [-0.39, 0.29) is 0 Å². The molecule has 1 atom stereocenters. The van der Waals surface area contributed by atoms with Crippen molar-refractivity contribution in [1.29, 1.82) is 0 Å². The summed E-state index contributed by atoms with van der Waals surface area (Å²) in [6, 6.07) is 0.744. The number of ether oxygens (including phenoxy) is 1. The molecule has 0 aromatic heterocycles. The van der Waals surface area contributed by atoms with Gasteiger partial charge in [0.2, 0.25) is 0 Å². The zero-order chi connectivity index (χ0) is 12.8. The zero-order valence-electron chi connectivity index (χ0n) is 12.2. The standard InChI is InChI=1S/C15H30N2O/c1-3-9-16-15(13-5-6-13)12-17-10-7-14(8-11-17)18-4-2/h13-16H,3-12H2,1-2H3. The summed E-state index contributed by atoms with van der Waals surface area (Å²) in [5, 5.41) is 3.74. The lowest BCUT2D eigenvalue weighted by Gasteiger charge is -2.34. The molecular weight excluding hydrogens is 224 g/mol. The number of rotatable bonds is 8. The van der Waals surface area contributed by atoms with Crippen molar-refractivity contribution in [3.05, 3.63) is 0 Å². The van der Waals surface area contributed by atoms with Gasteiger partial charge in [-0.3, -0.25) is 0 Å². The van der Waals surface area contributed by atoms with Crippen LogP contribution in [0, 0.1) is 5.92 Å². The van der Waals surface area contributed by atoms with Crippen LogP contribution in [0.2, 0.25) is 0 Å². The maximum absolute atomic E-state index is 5.72. The van der Waals surface area contributed by atoms with Crippen LogP contribution in [0.1, 0.15) is 46.0 Å². The lowest BCUT2D eigenvalue weighted by atomic mass is 10.1. The third-order valence-corrected chi connectivity index (χ3v) is 4.24. The van der Waals surface area contributed by atoms with E-state index in [4.69, 9.17) is 4.74 Å². The Labute approximate surface area is 112 Å². The molecule has 1 aliphatic carbocycles. The van der Waals surface area contributed by atoms with Crippen LogP contribution in [0.4, 0.5) is 0 Å². The first kappa shape index (κ1) is 14.3. The van der Waals surface area contributed by atoms with Crippen molar-refractivity contribution in [2.45, 2.75) is 58.1 Å². The van der Waals surface area contributed by atoms with E-state index < -0.39 is 0 Å². The van der Waals surface area contributed by atoms with Crippen LogP contribution in [0.3, 0.4) is 0 Å². The number of nitrogens with one attached hydrogen (secondary N) is 1.